The lowest BCUT2D eigenvalue weighted by Crippen LogP contribution is -2.54. The Hall–Kier alpha value is -6.02. The first-order chi connectivity index (χ1) is 24.2. The van der Waals surface area contributed by atoms with Crippen LogP contribution in [0.15, 0.2) is 79.1 Å². The Morgan fingerprint density at radius 3 is 2.42 bits per heavy atom. The second-order valence-electron chi connectivity index (χ2n) is 12.6. The third-order valence-electron chi connectivity index (χ3n) is 9.44. The summed E-state index contributed by atoms with van der Waals surface area (Å²) in [6, 6.07) is 20.1. The quantitative estimate of drug-likeness (QED) is 0.241. The zero-order chi connectivity index (χ0) is 34.5. The van der Waals surface area contributed by atoms with Crippen LogP contribution in [-0.2, 0) is 16.1 Å². The molecule has 13 nitrogen and oxygen atoms in total. The number of imide groups is 2. The molecule has 1 unspecified atom stereocenters. The molecule has 2 aromatic heterocycles. The van der Waals surface area contributed by atoms with Crippen LogP contribution in [0, 0.1) is 0 Å². The number of ether oxygens (including phenoxy) is 1. The van der Waals surface area contributed by atoms with Crippen molar-refractivity contribution in [2.24, 2.45) is 0 Å². The maximum Gasteiger partial charge on any atom is 0.262 e. The number of para-hydroxylation sites is 1. The molecule has 0 radical (unpaired) electrons. The van der Waals surface area contributed by atoms with Crippen LogP contribution in [0.25, 0.3) is 22.3 Å². The third-order valence-corrected chi connectivity index (χ3v) is 9.44. The van der Waals surface area contributed by atoms with Gasteiger partial charge in [0.1, 0.15) is 41.6 Å². The van der Waals surface area contributed by atoms with Crippen LogP contribution in [0.4, 0.5) is 10.2 Å². The number of anilines is 1. The number of alkyl halides is 1. The highest BCUT2D eigenvalue weighted by atomic mass is 19.1. The van der Waals surface area contributed by atoms with E-state index in [0.29, 0.717) is 47.7 Å². The molecule has 3 atom stereocenters. The van der Waals surface area contributed by atoms with E-state index in [1.54, 1.807) is 22.9 Å². The molecule has 2 fully saturated rings. The predicted molar refractivity (Wildman–Crippen MR) is 179 cm³/mol. The lowest BCUT2D eigenvalue weighted by atomic mass is 10.0. The van der Waals surface area contributed by atoms with E-state index >= 15 is 4.39 Å². The molecule has 3 aromatic carbocycles. The van der Waals surface area contributed by atoms with Crippen LogP contribution in [0.1, 0.15) is 51.6 Å². The fourth-order valence-electron chi connectivity index (χ4n) is 6.98. The lowest BCUT2D eigenvalue weighted by Gasteiger charge is -2.34. The number of fused-ring (bicyclic) bond motifs is 2. The number of likely N-dealkylation sites (tertiary alicyclic amines) is 1. The van der Waals surface area contributed by atoms with Crippen LogP contribution < -0.4 is 15.8 Å². The largest absolute Gasteiger partial charge is 0.457 e. The zero-order valence-corrected chi connectivity index (χ0v) is 26.7. The molecular weight excluding hydrogens is 643 g/mol. The van der Waals surface area contributed by atoms with Gasteiger partial charge in [0.15, 0.2) is 5.65 Å². The topological polar surface area (TPSA) is 166 Å². The maximum absolute atomic E-state index is 16.1. The number of amides is 4. The van der Waals surface area contributed by atoms with Gasteiger partial charge in [-0.3, -0.25) is 34.3 Å². The summed E-state index contributed by atoms with van der Waals surface area (Å²) in [7, 11) is 0. The highest BCUT2D eigenvalue weighted by Crippen LogP contribution is 2.36. The van der Waals surface area contributed by atoms with Gasteiger partial charge in [0.05, 0.1) is 22.6 Å². The molecule has 2 saturated heterocycles. The number of nitrogen functional groups attached to an aromatic ring is 1. The molecule has 14 heteroatoms. The Morgan fingerprint density at radius 2 is 1.66 bits per heavy atom. The van der Waals surface area contributed by atoms with Crippen LogP contribution in [-0.4, -0.2) is 78.5 Å². The number of hydrogen-bond donors (Lipinski definition) is 2. The van der Waals surface area contributed by atoms with Gasteiger partial charge in [0, 0.05) is 31.6 Å². The molecule has 252 valence electrons. The van der Waals surface area contributed by atoms with Crippen molar-refractivity contribution in [3.63, 3.8) is 0 Å². The van der Waals surface area contributed by atoms with Crippen molar-refractivity contribution in [3.8, 4) is 22.8 Å². The van der Waals surface area contributed by atoms with Crippen molar-refractivity contribution in [2.45, 2.75) is 44.1 Å². The number of benzene rings is 3. The molecular formula is C36H31FN8O5. The van der Waals surface area contributed by atoms with Crippen molar-refractivity contribution in [3.05, 3.63) is 95.8 Å². The summed E-state index contributed by atoms with van der Waals surface area (Å²) >= 11 is 0. The number of hydrogen-bond acceptors (Lipinski definition) is 10. The standard InChI is InChI=1S/C36H31FN8O5/c37-26-18-43(17-20-6-11-24-25(16-20)36(49)44(35(24)48)28-12-13-29(46)41-34(28)47)15-14-27(26)45-33-30(32(38)39-19-40-33)31(42-45)21-7-9-23(10-8-21)50-22-4-2-1-3-5-22/h1-11,16,19,26-28H,12-15,17-18H2,(H2,38,39,40)(H,41,46,47)/t26-,27+,28?/m0/s1. The maximum atomic E-state index is 16.1. The average molecular weight is 675 g/mol. The smallest absolute Gasteiger partial charge is 0.262 e. The predicted octanol–water partition coefficient (Wildman–Crippen LogP) is 4.05. The first kappa shape index (κ1) is 31.3. The van der Waals surface area contributed by atoms with Crippen molar-refractivity contribution in [1.82, 2.24) is 34.9 Å². The van der Waals surface area contributed by atoms with Crippen molar-refractivity contribution >= 4 is 40.5 Å². The Balaban J connectivity index is 0.985. The number of carbonyl (C=O) groups excluding carboxylic acids is 4. The van der Waals surface area contributed by atoms with Gasteiger partial charge in [-0.15, -0.1) is 0 Å². The number of rotatable bonds is 7. The fraction of sp³-hybridized carbons (Fsp3) is 0.250. The second kappa shape index (κ2) is 12.5. The van der Waals surface area contributed by atoms with Crippen molar-refractivity contribution < 1.29 is 28.3 Å². The Labute approximate surface area is 284 Å². The van der Waals surface area contributed by atoms with Gasteiger partial charge in [0.25, 0.3) is 11.8 Å². The number of nitrogens with one attached hydrogen (secondary N) is 1. The first-order valence-corrected chi connectivity index (χ1v) is 16.3. The minimum Gasteiger partial charge on any atom is -0.457 e. The normalized spacial score (nSPS) is 21.1. The number of nitrogens with two attached hydrogens (primary N) is 1. The third kappa shape index (κ3) is 5.52. The van der Waals surface area contributed by atoms with Gasteiger partial charge in [-0.2, -0.15) is 5.10 Å². The molecule has 4 amide bonds. The van der Waals surface area contributed by atoms with Gasteiger partial charge in [-0.05, 0) is 66.9 Å². The van der Waals surface area contributed by atoms with E-state index in [9.17, 15) is 19.2 Å². The van der Waals surface area contributed by atoms with Gasteiger partial charge in [-0.1, -0.05) is 24.3 Å². The highest BCUT2D eigenvalue weighted by molar-refractivity contribution is 6.23. The second-order valence-corrected chi connectivity index (χ2v) is 12.6. The van der Waals surface area contributed by atoms with E-state index in [1.807, 2.05) is 59.5 Å². The first-order valence-electron chi connectivity index (χ1n) is 16.3. The average Bonchev–Trinajstić information content (AvgIpc) is 3.61. The molecule has 5 aromatic rings. The summed E-state index contributed by atoms with van der Waals surface area (Å²) in [5.41, 5.74) is 9.18. The van der Waals surface area contributed by atoms with E-state index in [0.717, 1.165) is 16.0 Å². The Kier molecular flexibility index (Phi) is 7.79. The summed E-state index contributed by atoms with van der Waals surface area (Å²) < 4.78 is 23.6. The molecule has 3 aliphatic rings. The molecule has 5 heterocycles. The molecule has 0 aliphatic carbocycles. The number of nitrogens with zero attached hydrogens (tertiary/aromatic N) is 6. The van der Waals surface area contributed by atoms with Crippen molar-refractivity contribution in [2.75, 3.05) is 18.8 Å². The summed E-state index contributed by atoms with van der Waals surface area (Å²) in [5.74, 6) is -0.635. The van der Waals surface area contributed by atoms with Gasteiger partial charge in [-0.25, -0.2) is 19.0 Å². The van der Waals surface area contributed by atoms with Crippen LogP contribution in [0.3, 0.4) is 0 Å². The minimum atomic E-state index is -1.31. The summed E-state index contributed by atoms with van der Waals surface area (Å²) in [4.78, 5) is 61.9. The molecule has 50 heavy (non-hydrogen) atoms. The SMILES string of the molecule is Nc1ncnc2c1c(-c1ccc(Oc3ccccc3)cc1)nn2[C@@H]1CCN(Cc2ccc3c(c2)C(=O)N(C2CCC(=O)NC2=O)C3=O)C[C@@H]1F. The highest BCUT2D eigenvalue weighted by Gasteiger charge is 2.44. The lowest BCUT2D eigenvalue weighted by molar-refractivity contribution is -0.136. The van der Waals surface area contributed by atoms with Crippen LogP contribution in [0.2, 0.25) is 0 Å². The Morgan fingerprint density at radius 1 is 0.900 bits per heavy atom. The fourth-order valence-corrected chi connectivity index (χ4v) is 6.98. The summed E-state index contributed by atoms with van der Waals surface area (Å²) in [5, 5.41) is 7.59. The Bertz CT molecular complexity index is 2170. The molecule has 0 saturated carbocycles. The molecule has 3 N–H and O–H groups in total. The summed E-state index contributed by atoms with van der Waals surface area (Å²) in [6.07, 6.45) is 0.593. The number of aromatic nitrogens is 4. The van der Waals surface area contributed by atoms with E-state index in [2.05, 4.69) is 15.3 Å². The van der Waals surface area contributed by atoms with E-state index in [4.69, 9.17) is 15.6 Å². The van der Waals surface area contributed by atoms with E-state index in [-0.39, 0.29) is 36.3 Å². The number of halogens is 1. The van der Waals surface area contributed by atoms with Crippen LogP contribution in [0.5, 0.6) is 11.5 Å². The number of piperidine rings is 2. The molecule has 0 spiro atoms. The van der Waals surface area contributed by atoms with Gasteiger partial charge in [0.2, 0.25) is 11.8 Å². The zero-order valence-electron chi connectivity index (χ0n) is 26.7. The van der Waals surface area contributed by atoms with E-state index in [1.165, 1.54) is 6.33 Å². The number of carbonyl (C=O) groups is 4. The minimum absolute atomic E-state index is 0.0447. The summed E-state index contributed by atoms with van der Waals surface area (Å²) in [6.45, 7) is 0.970. The van der Waals surface area contributed by atoms with Gasteiger partial charge >= 0.3 is 0 Å². The van der Waals surface area contributed by atoms with Gasteiger partial charge < -0.3 is 10.5 Å². The monoisotopic (exact) mass is 674 g/mol. The van der Waals surface area contributed by atoms with Crippen molar-refractivity contribution in [1.29, 1.82) is 0 Å². The van der Waals surface area contributed by atoms with Crippen LogP contribution >= 0.6 is 0 Å². The molecule has 3 aliphatic heterocycles. The molecule has 0 bridgehead atoms. The molecule has 8 rings (SSSR count). The van der Waals surface area contributed by atoms with E-state index < -0.39 is 41.9 Å².